The van der Waals surface area contributed by atoms with Crippen molar-refractivity contribution in [2.24, 2.45) is 0 Å². The Balaban J connectivity index is 2.11. The molecule has 0 bridgehead atoms. The highest BCUT2D eigenvalue weighted by molar-refractivity contribution is 5.70. The molecule has 0 aliphatic carbocycles. The quantitative estimate of drug-likeness (QED) is 0.798. The van der Waals surface area contributed by atoms with Gasteiger partial charge in [0.25, 0.3) is 0 Å². The van der Waals surface area contributed by atoms with E-state index in [1.165, 1.54) is 0 Å². The van der Waals surface area contributed by atoms with Crippen molar-refractivity contribution in [3.8, 4) is 11.5 Å². The minimum Gasteiger partial charge on any atom is -0.497 e. The number of rotatable bonds is 6. The Morgan fingerprint density at radius 1 is 1.19 bits per heavy atom. The molecule has 0 spiro atoms. The predicted octanol–water partition coefficient (Wildman–Crippen LogP) is 2.48. The summed E-state index contributed by atoms with van der Waals surface area (Å²) >= 11 is 0. The number of methoxy groups -OCH3 is 1. The first kappa shape index (κ1) is 14.7. The molecule has 0 amide bonds. The van der Waals surface area contributed by atoms with Gasteiger partial charge in [-0.1, -0.05) is 24.3 Å². The Hall–Kier alpha value is -2.69. The maximum atomic E-state index is 10.8. The zero-order valence-corrected chi connectivity index (χ0v) is 11.7. The fourth-order valence-corrected chi connectivity index (χ4v) is 1.97. The second-order valence-corrected chi connectivity index (χ2v) is 4.53. The van der Waals surface area contributed by atoms with Crippen LogP contribution in [0.25, 0.3) is 0 Å². The molecule has 2 aromatic rings. The van der Waals surface area contributed by atoms with Crippen molar-refractivity contribution in [1.29, 1.82) is 0 Å². The van der Waals surface area contributed by atoms with E-state index < -0.39 is 5.97 Å². The van der Waals surface area contributed by atoms with Gasteiger partial charge < -0.3 is 20.3 Å². The first-order valence-electron chi connectivity index (χ1n) is 6.45. The number of carboxylic acid groups (broad SMARTS) is 1. The van der Waals surface area contributed by atoms with Gasteiger partial charge in [0.15, 0.2) is 0 Å². The van der Waals surface area contributed by atoms with Gasteiger partial charge >= 0.3 is 5.97 Å². The Labute approximate surface area is 122 Å². The summed E-state index contributed by atoms with van der Waals surface area (Å²) in [7, 11) is 1.57. The number of benzene rings is 2. The van der Waals surface area contributed by atoms with Gasteiger partial charge in [0, 0.05) is 6.07 Å². The number of ether oxygens (including phenoxy) is 2. The van der Waals surface area contributed by atoms with Crippen LogP contribution in [-0.4, -0.2) is 18.2 Å². The molecule has 5 heteroatoms. The molecule has 2 rings (SSSR count). The number of carboxylic acids is 1. The minimum atomic E-state index is -0.869. The van der Waals surface area contributed by atoms with Crippen molar-refractivity contribution in [3.63, 3.8) is 0 Å². The van der Waals surface area contributed by atoms with Gasteiger partial charge in [-0.05, 0) is 23.3 Å². The third-order valence-corrected chi connectivity index (χ3v) is 3.06. The van der Waals surface area contributed by atoms with Crippen LogP contribution < -0.4 is 15.2 Å². The van der Waals surface area contributed by atoms with Crippen LogP contribution in [0.2, 0.25) is 0 Å². The Morgan fingerprint density at radius 2 is 1.90 bits per heavy atom. The van der Waals surface area contributed by atoms with Crippen molar-refractivity contribution >= 4 is 11.7 Å². The number of hydrogen-bond acceptors (Lipinski definition) is 4. The number of aliphatic carboxylic acids is 1. The third kappa shape index (κ3) is 3.89. The van der Waals surface area contributed by atoms with Crippen LogP contribution in [0.5, 0.6) is 11.5 Å². The van der Waals surface area contributed by atoms with Crippen molar-refractivity contribution in [1.82, 2.24) is 0 Å². The van der Waals surface area contributed by atoms with Crippen LogP contribution in [0.3, 0.4) is 0 Å². The molecule has 21 heavy (non-hydrogen) atoms. The second-order valence-electron chi connectivity index (χ2n) is 4.53. The molecule has 0 aliphatic heterocycles. The summed E-state index contributed by atoms with van der Waals surface area (Å²) in [5, 5.41) is 8.90. The number of nitrogen functional groups attached to an aromatic ring is 1. The maximum absolute atomic E-state index is 10.8. The monoisotopic (exact) mass is 287 g/mol. The second kappa shape index (κ2) is 6.65. The summed E-state index contributed by atoms with van der Waals surface area (Å²) in [5.74, 6) is 0.332. The van der Waals surface area contributed by atoms with Crippen LogP contribution in [0.15, 0.2) is 42.5 Å². The normalized spacial score (nSPS) is 10.1. The van der Waals surface area contributed by atoms with E-state index in [4.69, 9.17) is 20.3 Å². The third-order valence-electron chi connectivity index (χ3n) is 3.06. The lowest BCUT2D eigenvalue weighted by molar-refractivity contribution is -0.136. The Kier molecular flexibility index (Phi) is 4.66. The predicted molar refractivity (Wildman–Crippen MR) is 79.5 cm³/mol. The van der Waals surface area contributed by atoms with Gasteiger partial charge in [-0.15, -0.1) is 0 Å². The van der Waals surface area contributed by atoms with E-state index in [2.05, 4.69) is 0 Å². The van der Waals surface area contributed by atoms with Gasteiger partial charge in [-0.25, -0.2) is 0 Å². The van der Waals surface area contributed by atoms with Crippen molar-refractivity contribution in [3.05, 3.63) is 53.6 Å². The van der Waals surface area contributed by atoms with E-state index in [0.29, 0.717) is 17.2 Å². The number of hydrogen-bond donors (Lipinski definition) is 2. The van der Waals surface area contributed by atoms with Crippen molar-refractivity contribution in [2.45, 2.75) is 13.0 Å². The Morgan fingerprint density at radius 3 is 2.52 bits per heavy atom. The molecule has 5 nitrogen and oxygen atoms in total. The summed E-state index contributed by atoms with van der Waals surface area (Å²) in [5.41, 5.74) is 7.92. The fraction of sp³-hybridized carbons (Fsp3) is 0.188. The van der Waals surface area contributed by atoms with E-state index in [1.54, 1.807) is 31.4 Å². The summed E-state index contributed by atoms with van der Waals surface area (Å²) < 4.78 is 10.7. The van der Waals surface area contributed by atoms with E-state index in [1.807, 2.05) is 18.2 Å². The molecular weight excluding hydrogens is 270 g/mol. The number of carbonyl (C=O) groups is 1. The van der Waals surface area contributed by atoms with E-state index in [0.717, 1.165) is 11.1 Å². The topological polar surface area (TPSA) is 81.8 Å². The zero-order chi connectivity index (χ0) is 15.2. The summed E-state index contributed by atoms with van der Waals surface area (Å²) in [6.45, 7) is 0.264. The molecule has 0 heterocycles. The van der Waals surface area contributed by atoms with E-state index in [9.17, 15) is 4.79 Å². The average Bonchev–Trinajstić information content (AvgIpc) is 2.46. The molecule has 0 saturated carbocycles. The fourth-order valence-electron chi connectivity index (χ4n) is 1.97. The van der Waals surface area contributed by atoms with Crippen molar-refractivity contribution < 1.29 is 19.4 Å². The molecule has 110 valence electrons. The molecular formula is C16H17NO4. The molecule has 0 fully saturated rings. The van der Waals surface area contributed by atoms with Crippen LogP contribution >= 0.6 is 0 Å². The first-order chi connectivity index (χ1) is 10.1. The van der Waals surface area contributed by atoms with Crippen LogP contribution in [-0.2, 0) is 17.8 Å². The summed E-state index contributed by atoms with van der Waals surface area (Å²) in [6.07, 6.45) is -0.0301. The van der Waals surface area contributed by atoms with Crippen LogP contribution in [0.4, 0.5) is 5.69 Å². The zero-order valence-electron chi connectivity index (χ0n) is 11.7. The molecule has 0 aromatic heterocycles. The highest BCUT2D eigenvalue weighted by atomic mass is 16.5. The molecule has 0 atom stereocenters. The van der Waals surface area contributed by atoms with Gasteiger partial charge in [0.2, 0.25) is 0 Å². The molecule has 3 N–H and O–H groups in total. The molecule has 0 aliphatic rings. The first-order valence-corrected chi connectivity index (χ1v) is 6.45. The molecule has 0 unspecified atom stereocenters. The summed E-state index contributed by atoms with van der Waals surface area (Å²) in [4.78, 5) is 10.8. The van der Waals surface area contributed by atoms with E-state index >= 15 is 0 Å². The minimum absolute atomic E-state index is 0.0301. The standard InChI is InChI=1S/C16H17NO4/c1-20-13-6-7-15(14(17)9-13)21-10-12-5-3-2-4-11(12)8-16(18)19/h2-7,9H,8,10,17H2,1H3,(H,18,19). The summed E-state index contributed by atoms with van der Waals surface area (Å²) in [6, 6.07) is 12.5. The molecule has 0 saturated heterocycles. The highest BCUT2D eigenvalue weighted by Gasteiger charge is 2.08. The Bertz CT molecular complexity index is 640. The largest absolute Gasteiger partial charge is 0.497 e. The molecule has 0 radical (unpaired) electrons. The lowest BCUT2D eigenvalue weighted by Gasteiger charge is -2.12. The maximum Gasteiger partial charge on any atom is 0.307 e. The van der Waals surface area contributed by atoms with Crippen molar-refractivity contribution in [2.75, 3.05) is 12.8 Å². The van der Waals surface area contributed by atoms with Crippen LogP contribution in [0, 0.1) is 0 Å². The smallest absolute Gasteiger partial charge is 0.307 e. The highest BCUT2D eigenvalue weighted by Crippen LogP contribution is 2.27. The van der Waals surface area contributed by atoms with E-state index in [-0.39, 0.29) is 13.0 Å². The molecule has 2 aromatic carbocycles. The van der Waals surface area contributed by atoms with Gasteiger partial charge in [-0.2, -0.15) is 0 Å². The van der Waals surface area contributed by atoms with Gasteiger partial charge in [0.05, 0.1) is 19.2 Å². The van der Waals surface area contributed by atoms with Crippen LogP contribution in [0.1, 0.15) is 11.1 Å². The SMILES string of the molecule is COc1ccc(OCc2ccccc2CC(=O)O)c(N)c1. The lowest BCUT2D eigenvalue weighted by Crippen LogP contribution is -2.06. The lowest BCUT2D eigenvalue weighted by atomic mass is 10.1. The average molecular weight is 287 g/mol. The number of nitrogens with two attached hydrogens (primary N) is 1. The number of anilines is 1. The van der Waals surface area contributed by atoms with Gasteiger partial charge in [-0.3, -0.25) is 4.79 Å². The van der Waals surface area contributed by atoms with Gasteiger partial charge in [0.1, 0.15) is 18.1 Å².